The van der Waals surface area contributed by atoms with Gasteiger partial charge in [-0.05, 0) is 20.3 Å². The first kappa shape index (κ1) is 15.2. The van der Waals surface area contributed by atoms with Crippen LogP contribution in [-0.4, -0.2) is 16.1 Å². The predicted octanol–water partition coefficient (Wildman–Crippen LogP) is 4.30. The number of rotatable bonds is 4. The second-order valence-electron chi connectivity index (χ2n) is 5.74. The molecule has 0 aromatic carbocycles. The summed E-state index contributed by atoms with van der Waals surface area (Å²) in [6.45, 7) is 12.3. The number of halogens is 1. The summed E-state index contributed by atoms with van der Waals surface area (Å²) in [5, 5.41) is 0.480. The Balaban J connectivity index is 3.07. The Morgan fingerprint density at radius 1 is 1.28 bits per heavy atom. The third-order valence-electron chi connectivity index (χ3n) is 2.72. The topological polar surface area (TPSA) is 35.0 Å². The quantitative estimate of drug-likeness (QED) is 0.765. The molecule has 18 heavy (non-hydrogen) atoms. The van der Waals surface area contributed by atoms with E-state index < -0.39 is 0 Å². The Morgan fingerprint density at radius 3 is 2.39 bits per heavy atom. The first-order valence-electron chi connectivity index (χ1n) is 6.47. The average Bonchev–Trinajstić information content (AvgIpc) is 2.23. The highest BCUT2D eigenvalue weighted by molar-refractivity contribution is 6.30. The summed E-state index contributed by atoms with van der Waals surface area (Å²) >= 11 is 6.15. The maximum atomic E-state index is 6.15. The lowest BCUT2D eigenvalue weighted by Crippen LogP contribution is -2.19. The van der Waals surface area contributed by atoms with Gasteiger partial charge in [-0.3, -0.25) is 0 Å². The Hall–Kier alpha value is -0.830. The van der Waals surface area contributed by atoms with Crippen LogP contribution < -0.4 is 4.74 Å². The van der Waals surface area contributed by atoms with Crippen molar-refractivity contribution in [1.29, 1.82) is 0 Å². The van der Waals surface area contributed by atoms with Crippen molar-refractivity contribution in [2.45, 2.75) is 65.9 Å². The van der Waals surface area contributed by atoms with Gasteiger partial charge in [0.15, 0.2) is 0 Å². The fourth-order valence-corrected chi connectivity index (χ4v) is 1.74. The van der Waals surface area contributed by atoms with Crippen LogP contribution in [0.1, 0.15) is 58.8 Å². The van der Waals surface area contributed by atoms with Crippen molar-refractivity contribution in [2.75, 3.05) is 0 Å². The molecule has 0 aliphatic rings. The summed E-state index contributed by atoms with van der Waals surface area (Å²) in [5.41, 5.74) is 0.677. The van der Waals surface area contributed by atoms with Gasteiger partial charge >= 0.3 is 0 Å². The number of hydrogen-bond donors (Lipinski definition) is 0. The molecule has 1 heterocycles. The predicted molar refractivity (Wildman–Crippen MR) is 75.5 cm³/mol. The minimum absolute atomic E-state index is 0.135. The zero-order valence-corrected chi connectivity index (χ0v) is 12.9. The van der Waals surface area contributed by atoms with E-state index in [4.69, 9.17) is 16.3 Å². The largest absolute Gasteiger partial charge is 0.474 e. The smallest absolute Gasteiger partial charge is 0.221 e. The Kier molecular flexibility index (Phi) is 4.97. The van der Waals surface area contributed by atoms with Crippen molar-refractivity contribution < 1.29 is 4.74 Å². The zero-order valence-electron chi connectivity index (χ0n) is 12.2. The Bertz CT molecular complexity index is 413. The molecule has 0 N–H and O–H groups in total. The van der Waals surface area contributed by atoms with Gasteiger partial charge in [0.05, 0.1) is 6.10 Å². The van der Waals surface area contributed by atoms with Gasteiger partial charge in [0.25, 0.3) is 0 Å². The van der Waals surface area contributed by atoms with E-state index in [1.165, 1.54) is 0 Å². The lowest BCUT2D eigenvalue weighted by Gasteiger charge is -2.20. The molecule has 3 nitrogen and oxygen atoms in total. The first-order chi connectivity index (χ1) is 8.25. The fraction of sp³-hybridized carbons (Fsp3) is 0.714. The van der Waals surface area contributed by atoms with Gasteiger partial charge in [0.2, 0.25) is 5.88 Å². The molecular weight excluding hydrogens is 248 g/mol. The minimum atomic E-state index is -0.135. The van der Waals surface area contributed by atoms with E-state index in [0.29, 0.717) is 11.0 Å². The Labute approximate surface area is 115 Å². The third kappa shape index (κ3) is 3.84. The molecule has 1 unspecified atom stereocenters. The van der Waals surface area contributed by atoms with Gasteiger partial charge in [-0.2, -0.15) is 4.98 Å². The van der Waals surface area contributed by atoms with E-state index in [9.17, 15) is 0 Å². The van der Waals surface area contributed by atoms with Crippen LogP contribution in [0.3, 0.4) is 0 Å². The molecule has 1 aromatic rings. The van der Waals surface area contributed by atoms with Crippen LogP contribution in [-0.2, 0) is 5.41 Å². The second-order valence-corrected chi connectivity index (χ2v) is 6.09. The van der Waals surface area contributed by atoms with Crippen LogP contribution in [0.4, 0.5) is 0 Å². The van der Waals surface area contributed by atoms with E-state index in [-0.39, 0.29) is 11.5 Å². The molecule has 0 saturated carbocycles. The molecule has 0 aliphatic heterocycles. The van der Waals surface area contributed by atoms with Crippen LogP contribution in [0.5, 0.6) is 5.88 Å². The molecule has 0 amide bonds. The number of ether oxygens (including phenoxy) is 1. The van der Waals surface area contributed by atoms with Gasteiger partial charge in [-0.1, -0.05) is 45.7 Å². The van der Waals surface area contributed by atoms with Crippen molar-refractivity contribution in [3.63, 3.8) is 0 Å². The van der Waals surface area contributed by atoms with Crippen molar-refractivity contribution in [1.82, 2.24) is 9.97 Å². The van der Waals surface area contributed by atoms with E-state index in [2.05, 4.69) is 44.6 Å². The number of aromatic nitrogens is 2. The molecule has 1 rings (SSSR count). The molecule has 1 aromatic heterocycles. The van der Waals surface area contributed by atoms with Gasteiger partial charge in [-0.15, -0.1) is 0 Å². The van der Waals surface area contributed by atoms with E-state index in [1.807, 2.05) is 6.92 Å². The van der Waals surface area contributed by atoms with Crippen molar-refractivity contribution in [3.05, 3.63) is 16.5 Å². The summed E-state index contributed by atoms with van der Waals surface area (Å²) in [7, 11) is 0. The van der Waals surface area contributed by atoms with Gasteiger partial charge < -0.3 is 4.74 Å². The lowest BCUT2D eigenvalue weighted by molar-refractivity contribution is 0.198. The van der Waals surface area contributed by atoms with Crippen LogP contribution >= 0.6 is 11.6 Å². The van der Waals surface area contributed by atoms with Crippen molar-refractivity contribution >= 4 is 11.6 Å². The maximum Gasteiger partial charge on any atom is 0.221 e. The Morgan fingerprint density at radius 2 is 1.89 bits per heavy atom. The summed E-state index contributed by atoms with van der Waals surface area (Å²) < 4.78 is 5.87. The van der Waals surface area contributed by atoms with Gasteiger partial charge in [0, 0.05) is 11.0 Å². The molecule has 0 spiro atoms. The summed E-state index contributed by atoms with van der Waals surface area (Å²) in [4.78, 5) is 8.84. The summed E-state index contributed by atoms with van der Waals surface area (Å²) in [6, 6.07) is 0. The fourth-order valence-electron chi connectivity index (χ4n) is 1.58. The van der Waals surface area contributed by atoms with Crippen LogP contribution in [0.15, 0.2) is 0 Å². The lowest BCUT2D eigenvalue weighted by atomic mass is 9.96. The van der Waals surface area contributed by atoms with E-state index in [0.717, 1.165) is 24.2 Å². The first-order valence-corrected chi connectivity index (χ1v) is 6.84. The summed E-state index contributed by atoms with van der Waals surface area (Å²) in [6.07, 6.45) is 2.24. The highest BCUT2D eigenvalue weighted by Crippen LogP contribution is 2.28. The van der Waals surface area contributed by atoms with Gasteiger partial charge in [-0.25, -0.2) is 4.98 Å². The van der Waals surface area contributed by atoms with Crippen LogP contribution in [0.25, 0.3) is 0 Å². The molecule has 4 heteroatoms. The average molecular weight is 271 g/mol. The highest BCUT2D eigenvalue weighted by atomic mass is 35.5. The second kappa shape index (κ2) is 5.87. The van der Waals surface area contributed by atoms with E-state index >= 15 is 0 Å². The summed E-state index contributed by atoms with van der Waals surface area (Å²) in [5.74, 6) is 1.33. The van der Waals surface area contributed by atoms with Crippen molar-refractivity contribution in [3.8, 4) is 5.88 Å². The molecular formula is C14H23ClN2O. The van der Waals surface area contributed by atoms with E-state index in [1.54, 1.807) is 0 Å². The third-order valence-corrected chi connectivity index (χ3v) is 3.09. The molecule has 102 valence electrons. The van der Waals surface area contributed by atoms with Crippen LogP contribution in [0, 0.1) is 6.92 Å². The molecule has 0 fully saturated rings. The molecule has 0 bridgehead atoms. The SMILES string of the molecule is CCCC(C)Oc1nc(C(C)(C)C)nc(Cl)c1C. The van der Waals surface area contributed by atoms with Gasteiger partial charge in [0.1, 0.15) is 11.0 Å². The maximum absolute atomic E-state index is 6.15. The normalized spacial score (nSPS) is 13.5. The number of hydrogen-bond acceptors (Lipinski definition) is 3. The standard InChI is InChI=1S/C14H23ClN2O/c1-7-8-9(2)18-12-10(3)11(15)16-13(17-12)14(4,5)6/h9H,7-8H2,1-6H3. The molecule has 0 saturated heterocycles. The van der Waals surface area contributed by atoms with Crippen LogP contribution in [0.2, 0.25) is 5.15 Å². The zero-order chi connectivity index (χ0) is 13.9. The monoisotopic (exact) mass is 270 g/mol. The highest BCUT2D eigenvalue weighted by Gasteiger charge is 2.21. The minimum Gasteiger partial charge on any atom is -0.474 e. The molecule has 0 radical (unpaired) electrons. The number of nitrogens with zero attached hydrogens (tertiary/aromatic N) is 2. The molecule has 0 aliphatic carbocycles. The molecule has 1 atom stereocenters. The van der Waals surface area contributed by atoms with Crippen molar-refractivity contribution in [2.24, 2.45) is 0 Å².